The van der Waals surface area contributed by atoms with Gasteiger partial charge in [-0.1, -0.05) is 24.3 Å². The number of aryl methyl sites for hydroxylation is 1. The van der Waals surface area contributed by atoms with Crippen LogP contribution in [0.15, 0.2) is 48.5 Å². The van der Waals surface area contributed by atoms with E-state index in [9.17, 15) is 9.59 Å². The van der Waals surface area contributed by atoms with Crippen molar-refractivity contribution in [3.8, 4) is 11.5 Å². The Kier molecular flexibility index (Phi) is 6.94. The first-order valence-corrected chi connectivity index (χ1v) is 9.82. The van der Waals surface area contributed by atoms with Gasteiger partial charge in [0, 0.05) is 31.9 Å². The second kappa shape index (κ2) is 9.82. The molecule has 1 saturated heterocycles. The molecule has 1 N–H and O–H groups in total. The second-order valence-corrected chi connectivity index (χ2v) is 6.84. The molecule has 1 aliphatic heterocycles. The van der Waals surface area contributed by atoms with E-state index < -0.39 is 0 Å². The number of amides is 3. The van der Waals surface area contributed by atoms with Crippen LogP contribution in [0, 0.1) is 6.92 Å². The van der Waals surface area contributed by atoms with Crippen molar-refractivity contribution in [2.24, 2.45) is 0 Å². The van der Waals surface area contributed by atoms with Gasteiger partial charge in [0.15, 0.2) is 18.1 Å². The summed E-state index contributed by atoms with van der Waals surface area (Å²) in [7, 11) is 0. The van der Waals surface area contributed by atoms with Gasteiger partial charge in [0.25, 0.3) is 5.91 Å². The molecule has 0 aromatic heterocycles. The molecule has 3 amide bonds. The monoisotopic (exact) mass is 397 g/mol. The van der Waals surface area contributed by atoms with Gasteiger partial charge in [-0.25, -0.2) is 4.79 Å². The normalized spacial score (nSPS) is 13.7. The molecule has 2 aromatic carbocycles. The van der Waals surface area contributed by atoms with Crippen LogP contribution >= 0.6 is 0 Å². The maximum atomic E-state index is 12.5. The first-order valence-electron chi connectivity index (χ1n) is 9.82. The predicted molar refractivity (Wildman–Crippen MR) is 111 cm³/mol. The highest BCUT2D eigenvalue weighted by Gasteiger charge is 2.24. The van der Waals surface area contributed by atoms with Crippen LogP contribution < -0.4 is 14.8 Å². The molecule has 0 unspecified atom stereocenters. The molecular weight excluding hydrogens is 370 g/mol. The zero-order chi connectivity index (χ0) is 20.6. The van der Waals surface area contributed by atoms with Gasteiger partial charge in [-0.2, -0.15) is 0 Å². The SMILES string of the molecule is CCOc1ccccc1OCC(=O)N1CCN(C(=O)Nc2cccc(C)c2)CC1. The Labute approximate surface area is 171 Å². The molecule has 0 radical (unpaired) electrons. The molecule has 29 heavy (non-hydrogen) atoms. The molecule has 1 fully saturated rings. The topological polar surface area (TPSA) is 71.1 Å². The fourth-order valence-corrected chi connectivity index (χ4v) is 3.16. The number of nitrogens with one attached hydrogen (secondary N) is 1. The van der Waals surface area contributed by atoms with E-state index in [1.165, 1.54) is 0 Å². The summed E-state index contributed by atoms with van der Waals surface area (Å²) in [6.45, 7) is 6.29. The summed E-state index contributed by atoms with van der Waals surface area (Å²) >= 11 is 0. The summed E-state index contributed by atoms with van der Waals surface area (Å²) in [5, 5.41) is 2.91. The van der Waals surface area contributed by atoms with Crippen molar-refractivity contribution >= 4 is 17.6 Å². The Morgan fingerprint density at radius 1 is 0.931 bits per heavy atom. The third-order valence-corrected chi connectivity index (χ3v) is 4.69. The minimum absolute atomic E-state index is 0.0560. The van der Waals surface area contributed by atoms with Gasteiger partial charge in [-0.15, -0.1) is 0 Å². The number of para-hydroxylation sites is 2. The number of benzene rings is 2. The highest BCUT2D eigenvalue weighted by molar-refractivity contribution is 5.89. The van der Waals surface area contributed by atoms with E-state index in [1.54, 1.807) is 15.9 Å². The number of ether oxygens (including phenoxy) is 2. The highest BCUT2D eigenvalue weighted by atomic mass is 16.5. The smallest absolute Gasteiger partial charge is 0.321 e. The van der Waals surface area contributed by atoms with Gasteiger partial charge in [0.1, 0.15) is 0 Å². The Balaban J connectivity index is 1.46. The number of urea groups is 1. The van der Waals surface area contributed by atoms with Crippen LogP contribution in [0.25, 0.3) is 0 Å². The average molecular weight is 397 g/mol. The van der Waals surface area contributed by atoms with Gasteiger partial charge in [-0.05, 0) is 43.7 Å². The minimum atomic E-state index is -0.149. The van der Waals surface area contributed by atoms with Crippen molar-refractivity contribution in [2.75, 3.05) is 44.7 Å². The third kappa shape index (κ3) is 5.63. The Hall–Kier alpha value is -3.22. The van der Waals surface area contributed by atoms with Gasteiger partial charge in [0.2, 0.25) is 0 Å². The van der Waals surface area contributed by atoms with Crippen LogP contribution in [-0.4, -0.2) is 61.1 Å². The fourth-order valence-electron chi connectivity index (χ4n) is 3.16. The molecule has 0 atom stereocenters. The van der Waals surface area contributed by atoms with Crippen molar-refractivity contribution in [1.82, 2.24) is 9.80 Å². The third-order valence-electron chi connectivity index (χ3n) is 4.69. The molecule has 1 aliphatic rings. The second-order valence-electron chi connectivity index (χ2n) is 6.84. The van der Waals surface area contributed by atoms with Gasteiger partial charge < -0.3 is 24.6 Å². The first kappa shape index (κ1) is 20.5. The van der Waals surface area contributed by atoms with Gasteiger partial charge in [-0.3, -0.25) is 4.79 Å². The van der Waals surface area contributed by atoms with Crippen molar-refractivity contribution < 1.29 is 19.1 Å². The highest BCUT2D eigenvalue weighted by Crippen LogP contribution is 2.26. The van der Waals surface area contributed by atoms with E-state index in [-0.39, 0.29) is 18.5 Å². The minimum Gasteiger partial charge on any atom is -0.490 e. The number of nitrogens with zero attached hydrogens (tertiary/aromatic N) is 2. The van der Waals surface area contributed by atoms with Crippen molar-refractivity contribution in [3.63, 3.8) is 0 Å². The van der Waals surface area contributed by atoms with Gasteiger partial charge in [0.05, 0.1) is 6.61 Å². The van der Waals surface area contributed by atoms with E-state index in [2.05, 4.69) is 5.32 Å². The molecule has 3 rings (SSSR count). The van der Waals surface area contributed by atoms with E-state index >= 15 is 0 Å². The van der Waals surface area contributed by atoms with Crippen molar-refractivity contribution in [3.05, 3.63) is 54.1 Å². The number of anilines is 1. The zero-order valence-corrected chi connectivity index (χ0v) is 16.9. The molecule has 154 valence electrons. The van der Waals surface area contributed by atoms with Crippen molar-refractivity contribution in [1.29, 1.82) is 0 Å². The molecule has 7 nitrogen and oxygen atoms in total. The fraction of sp³-hybridized carbons (Fsp3) is 0.364. The molecule has 0 aliphatic carbocycles. The summed E-state index contributed by atoms with van der Waals surface area (Å²) in [6.07, 6.45) is 0. The number of rotatable bonds is 6. The lowest BCUT2D eigenvalue weighted by Gasteiger charge is -2.34. The summed E-state index contributed by atoms with van der Waals surface area (Å²) in [6, 6.07) is 14.8. The molecule has 0 bridgehead atoms. The van der Waals surface area contributed by atoms with Crippen LogP contribution in [-0.2, 0) is 4.79 Å². The van der Waals surface area contributed by atoms with E-state index in [1.807, 2.05) is 56.3 Å². The molecule has 0 spiro atoms. The summed E-state index contributed by atoms with van der Waals surface area (Å²) in [4.78, 5) is 28.4. The Morgan fingerprint density at radius 3 is 2.24 bits per heavy atom. The van der Waals surface area contributed by atoms with Crippen LogP contribution in [0.3, 0.4) is 0 Å². The lowest BCUT2D eigenvalue weighted by molar-refractivity contribution is -0.134. The lowest BCUT2D eigenvalue weighted by atomic mass is 10.2. The first-order chi connectivity index (χ1) is 14.1. The van der Waals surface area contributed by atoms with Crippen LogP contribution in [0.1, 0.15) is 12.5 Å². The molecule has 2 aromatic rings. The lowest BCUT2D eigenvalue weighted by Crippen LogP contribution is -2.52. The number of hydrogen-bond acceptors (Lipinski definition) is 4. The van der Waals surface area contributed by atoms with Gasteiger partial charge >= 0.3 is 6.03 Å². The summed E-state index contributed by atoms with van der Waals surface area (Å²) in [5.74, 6) is 1.08. The van der Waals surface area contributed by atoms with Crippen LogP contribution in [0.5, 0.6) is 11.5 Å². The van der Waals surface area contributed by atoms with Crippen LogP contribution in [0.4, 0.5) is 10.5 Å². The largest absolute Gasteiger partial charge is 0.490 e. The maximum absolute atomic E-state index is 12.5. The van der Waals surface area contributed by atoms with E-state index in [0.29, 0.717) is 44.3 Å². The number of piperazine rings is 1. The zero-order valence-electron chi connectivity index (χ0n) is 16.9. The number of hydrogen-bond donors (Lipinski definition) is 1. The number of carbonyl (C=O) groups is 2. The van der Waals surface area contributed by atoms with E-state index in [4.69, 9.17) is 9.47 Å². The molecule has 0 saturated carbocycles. The predicted octanol–water partition coefficient (Wildman–Crippen LogP) is 3.15. The summed E-state index contributed by atoms with van der Waals surface area (Å²) < 4.78 is 11.2. The quantitative estimate of drug-likeness (QED) is 0.813. The standard InChI is InChI=1S/C22H27N3O4/c1-3-28-19-9-4-5-10-20(19)29-16-21(26)24-11-13-25(14-12-24)22(27)23-18-8-6-7-17(2)15-18/h4-10,15H,3,11-14,16H2,1-2H3,(H,23,27). The number of carbonyl (C=O) groups excluding carboxylic acids is 2. The maximum Gasteiger partial charge on any atom is 0.321 e. The average Bonchev–Trinajstić information content (AvgIpc) is 2.73. The molecular formula is C22H27N3O4. The van der Waals surface area contributed by atoms with Crippen LogP contribution in [0.2, 0.25) is 0 Å². The van der Waals surface area contributed by atoms with Crippen molar-refractivity contribution in [2.45, 2.75) is 13.8 Å². The summed E-state index contributed by atoms with van der Waals surface area (Å²) in [5.41, 5.74) is 1.86. The Bertz CT molecular complexity index is 847. The molecule has 1 heterocycles. The van der Waals surface area contributed by atoms with E-state index in [0.717, 1.165) is 11.3 Å². The molecule has 7 heteroatoms. The Morgan fingerprint density at radius 2 is 1.59 bits per heavy atom.